The molecule has 2 N–H and O–H groups in total. The summed E-state index contributed by atoms with van der Waals surface area (Å²) in [6.45, 7) is 4.57. The van der Waals surface area contributed by atoms with Crippen LogP contribution in [0.15, 0.2) is 30.3 Å². The highest BCUT2D eigenvalue weighted by molar-refractivity contribution is 8.13. The fourth-order valence-corrected chi connectivity index (χ4v) is 3.80. The van der Waals surface area contributed by atoms with Gasteiger partial charge in [0.25, 0.3) is 0 Å². The highest BCUT2D eigenvalue weighted by Crippen LogP contribution is 2.07. The predicted molar refractivity (Wildman–Crippen MR) is 118 cm³/mol. The first-order valence-corrected chi connectivity index (χ1v) is 11.2. The number of thioether (sulfide) groups is 1. The maximum Gasteiger partial charge on any atom is 0.318 e. The summed E-state index contributed by atoms with van der Waals surface area (Å²) < 4.78 is 0. The normalized spacial score (nSPS) is 15.5. The first-order chi connectivity index (χ1) is 14.4. The number of likely N-dealkylation sites (N-methyl/N-ethyl adjacent to an activating group) is 1. The van der Waals surface area contributed by atoms with Crippen LogP contribution >= 0.6 is 11.8 Å². The van der Waals surface area contributed by atoms with Crippen molar-refractivity contribution in [3.63, 3.8) is 0 Å². The molecule has 3 amide bonds. The van der Waals surface area contributed by atoms with Crippen LogP contribution in [0.25, 0.3) is 0 Å². The van der Waals surface area contributed by atoms with Gasteiger partial charge in [0.1, 0.15) is 6.04 Å². The molecule has 1 aliphatic rings. The maximum absolute atomic E-state index is 12.9. The van der Waals surface area contributed by atoms with Crippen LogP contribution in [-0.2, 0) is 16.0 Å². The molecule has 1 unspecified atom stereocenters. The Balaban J connectivity index is 1.97. The summed E-state index contributed by atoms with van der Waals surface area (Å²) in [6.07, 6.45) is 0.662. The van der Waals surface area contributed by atoms with Crippen molar-refractivity contribution in [2.24, 2.45) is 0 Å². The molecule has 8 nitrogen and oxygen atoms in total. The van der Waals surface area contributed by atoms with E-state index in [9.17, 15) is 19.5 Å². The average molecular weight is 437 g/mol. The van der Waals surface area contributed by atoms with Crippen LogP contribution in [0.4, 0.5) is 4.79 Å². The Kier molecular flexibility index (Phi) is 10.1. The third kappa shape index (κ3) is 7.97. The number of nitrogens with one attached hydrogen (secondary N) is 1. The number of carbonyl (C=O) groups excluding carboxylic acids is 3. The molecule has 1 fully saturated rings. The third-order valence-corrected chi connectivity index (χ3v) is 5.85. The van der Waals surface area contributed by atoms with Gasteiger partial charge in [-0.05, 0) is 19.0 Å². The number of nitrogens with zero attached hydrogens (tertiary/aromatic N) is 3. The van der Waals surface area contributed by atoms with Gasteiger partial charge in [-0.1, -0.05) is 42.1 Å². The zero-order valence-electron chi connectivity index (χ0n) is 17.7. The van der Waals surface area contributed by atoms with Crippen molar-refractivity contribution in [2.75, 3.05) is 58.7 Å². The molecule has 9 heteroatoms. The Morgan fingerprint density at radius 3 is 2.40 bits per heavy atom. The number of amides is 3. The number of aliphatic hydroxyl groups excluding tert-OH is 1. The molecule has 2 rings (SSSR count). The maximum atomic E-state index is 12.9. The molecule has 0 bridgehead atoms. The molecule has 0 aromatic heterocycles. The number of rotatable bonds is 9. The van der Waals surface area contributed by atoms with Gasteiger partial charge in [0.15, 0.2) is 5.12 Å². The minimum Gasteiger partial charge on any atom is -0.394 e. The second-order valence-electron chi connectivity index (χ2n) is 7.38. The van der Waals surface area contributed by atoms with E-state index in [0.717, 1.165) is 30.4 Å². The van der Waals surface area contributed by atoms with Crippen LogP contribution in [0.3, 0.4) is 0 Å². The Labute approximate surface area is 182 Å². The molecule has 0 saturated carbocycles. The lowest BCUT2D eigenvalue weighted by molar-refractivity contribution is -0.135. The summed E-state index contributed by atoms with van der Waals surface area (Å²) >= 11 is 1.16. The first-order valence-electron chi connectivity index (χ1n) is 10.2. The number of piperazine rings is 1. The minimum absolute atomic E-state index is 0.00287. The fraction of sp³-hybridized carbons (Fsp3) is 0.571. The van der Waals surface area contributed by atoms with Crippen LogP contribution in [0.5, 0.6) is 0 Å². The van der Waals surface area contributed by atoms with Gasteiger partial charge in [-0.15, -0.1) is 0 Å². The lowest BCUT2D eigenvalue weighted by Gasteiger charge is -2.35. The molecule has 0 radical (unpaired) electrons. The van der Waals surface area contributed by atoms with Gasteiger partial charge in [-0.2, -0.15) is 0 Å². The highest BCUT2D eigenvalue weighted by Gasteiger charge is 2.28. The monoisotopic (exact) mass is 436 g/mol. The Bertz CT molecular complexity index is 696. The van der Waals surface area contributed by atoms with Gasteiger partial charge in [0.2, 0.25) is 5.91 Å². The van der Waals surface area contributed by atoms with E-state index >= 15 is 0 Å². The van der Waals surface area contributed by atoms with Crippen LogP contribution in [0.2, 0.25) is 0 Å². The van der Waals surface area contributed by atoms with E-state index in [1.807, 2.05) is 37.4 Å². The third-order valence-electron chi connectivity index (χ3n) is 5.06. The molecule has 166 valence electrons. The topological polar surface area (TPSA) is 93.2 Å². The molecular weight excluding hydrogens is 404 g/mol. The van der Waals surface area contributed by atoms with Crippen LogP contribution in [0, 0.1) is 0 Å². The van der Waals surface area contributed by atoms with Gasteiger partial charge in [0, 0.05) is 51.9 Å². The minimum atomic E-state index is -0.972. The first kappa shape index (κ1) is 24.2. The molecule has 1 aliphatic heterocycles. The van der Waals surface area contributed by atoms with Crippen LogP contribution < -0.4 is 5.32 Å². The predicted octanol–water partition coefficient (Wildman–Crippen LogP) is 0.655. The van der Waals surface area contributed by atoms with Crippen molar-refractivity contribution in [3.8, 4) is 0 Å². The lowest BCUT2D eigenvalue weighted by Crippen LogP contribution is -2.57. The van der Waals surface area contributed by atoms with E-state index in [0.29, 0.717) is 38.4 Å². The summed E-state index contributed by atoms with van der Waals surface area (Å²) in [7, 11) is 2.00. The Hall–Kier alpha value is -2.10. The van der Waals surface area contributed by atoms with Crippen molar-refractivity contribution in [3.05, 3.63) is 35.9 Å². The number of carbonyl (C=O) groups is 3. The summed E-state index contributed by atoms with van der Waals surface area (Å²) in [5.74, 6) is 0.216. The largest absolute Gasteiger partial charge is 0.394 e. The fourth-order valence-electron chi connectivity index (χ4n) is 3.20. The van der Waals surface area contributed by atoms with Gasteiger partial charge < -0.3 is 25.1 Å². The van der Waals surface area contributed by atoms with E-state index < -0.39 is 18.7 Å². The summed E-state index contributed by atoms with van der Waals surface area (Å²) in [5.41, 5.74) is 1.10. The Morgan fingerprint density at radius 1 is 1.13 bits per heavy atom. The number of benzene rings is 1. The molecule has 1 atom stereocenters. The van der Waals surface area contributed by atoms with E-state index in [2.05, 4.69) is 10.2 Å². The zero-order chi connectivity index (χ0) is 21.9. The SMILES string of the molecule is CC(=O)SCCN(CCc1ccccc1)C(=O)NC(CO)C(=O)N1CCN(C)CC1. The van der Waals surface area contributed by atoms with Crippen molar-refractivity contribution < 1.29 is 19.5 Å². The van der Waals surface area contributed by atoms with Crippen molar-refractivity contribution >= 4 is 28.8 Å². The zero-order valence-corrected chi connectivity index (χ0v) is 18.6. The van der Waals surface area contributed by atoms with Crippen molar-refractivity contribution in [1.82, 2.24) is 20.0 Å². The standard InChI is InChI=1S/C21H32N4O4S/c1-17(27)30-15-14-25(9-8-18-6-4-3-5-7-18)21(29)22-19(16-26)20(28)24-12-10-23(2)11-13-24/h3-7,19,26H,8-16H2,1-2H3,(H,22,29). The van der Waals surface area contributed by atoms with E-state index in [-0.39, 0.29) is 11.0 Å². The summed E-state index contributed by atoms with van der Waals surface area (Å²) in [6, 6.07) is 8.44. The van der Waals surface area contributed by atoms with E-state index in [1.165, 1.54) is 6.92 Å². The van der Waals surface area contributed by atoms with Gasteiger partial charge in [0.05, 0.1) is 6.61 Å². The van der Waals surface area contributed by atoms with Crippen LogP contribution in [-0.4, -0.2) is 102 Å². The smallest absolute Gasteiger partial charge is 0.318 e. The molecule has 0 spiro atoms. The molecule has 1 aromatic carbocycles. The average Bonchev–Trinajstić information content (AvgIpc) is 2.74. The molecule has 1 aromatic rings. The van der Waals surface area contributed by atoms with Gasteiger partial charge in [-0.3, -0.25) is 9.59 Å². The number of hydrogen-bond donors (Lipinski definition) is 2. The Morgan fingerprint density at radius 2 is 1.80 bits per heavy atom. The lowest BCUT2D eigenvalue weighted by atomic mass is 10.1. The van der Waals surface area contributed by atoms with Gasteiger partial charge in [-0.25, -0.2) is 4.79 Å². The van der Waals surface area contributed by atoms with E-state index in [4.69, 9.17) is 0 Å². The quantitative estimate of drug-likeness (QED) is 0.591. The van der Waals surface area contributed by atoms with Crippen LogP contribution in [0.1, 0.15) is 12.5 Å². The number of hydrogen-bond acceptors (Lipinski definition) is 6. The second kappa shape index (κ2) is 12.6. The highest BCUT2D eigenvalue weighted by atomic mass is 32.2. The second-order valence-corrected chi connectivity index (χ2v) is 8.65. The van der Waals surface area contributed by atoms with Gasteiger partial charge >= 0.3 is 6.03 Å². The molecule has 0 aliphatic carbocycles. The molecule has 1 saturated heterocycles. The van der Waals surface area contributed by atoms with Crippen molar-refractivity contribution in [1.29, 1.82) is 0 Å². The summed E-state index contributed by atoms with van der Waals surface area (Å²) in [5, 5.41) is 12.4. The van der Waals surface area contributed by atoms with E-state index in [1.54, 1.807) is 9.80 Å². The number of urea groups is 1. The van der Waals surface area contributed by atoms with Crippen molar-refractivity contribution in [2.45, 2.75) is 19.4 Å². The molecular formula is C21H32N4O4S. The summed E-state index contributed by atoms with van der Waals surface area (Å²) in [4.78, 5) is 42.3. The number of aliphatic hydroxyl groups is 1. The molecule has 1 heterocycles. The molecule has 30 heavy (non-hydrogen) atoms.